The number of anilines is 1. The lowest BCUT2D eigenvalue weighted by Gasteiger charge is -2.31. The van der Waals surface area contributed by atoms with Crippen molar-refractivity contribution in [3.63, 3.8) is 0 Å². The molecule has 1 N–H and O–H groups in total. The monoisotopic (exact) mass is 308 g/mol. The van der Waals surface area contributed by atoms with Crippen molar-refractivity contribution in [3.05, 3.63) is 34.9 Å². The van der Waals surface area contributed by atoms with Crippen molar-refractivity contribution in [2.24, 2.45) is 0 Å². The highest BCUT2D eigenvalue weighted by Gasteiger charge is 2.21. The minimum atomic E-state index is -0.945. The Balaban J connectivity index is 2.36. The Morgan fingerprint density at radius 2 is 2.19 bits per heavy atom. The molecule has 1 unspecified atom stereocenters. The summed E-state index contributed by atoms with van der Waals surface area (Å²) >= 11 is 6.14. The van der Waals surface area contributed by atoms with Gasteiger partial charge >= 0.3 is 5.97 Å². The summed E-state index contributed by atoms with van der Waals surface area (Å²) in [5, 5.41) is 9.50. The molecule has 1 fully saturated rings. The summed E-state index contributed by atoms with van der Waals surface area (Å²) in [6.07, 6.45) is 3.88. The highest BCUT2D eigenvalue weighted by molar-refractivity contribution is 6.31. The first-order chi connectivity index (χ1) is 9.97. The molecule has 1 heterocycles. The molecule has 1 atom stereocenters. The minimum Gasteiger partial charge on any atom is -0.478 e. The predicted molar refractivity (Wildman–Crippen MR) is 87.0 cm³/mol. The van der Waals surface area contributed by atoms with E-state index >= 15 is 0 Å². The van der Waals surface area contributed by atoms with Gasteiger partial charge in [0.2, 0.25) is 0 Å². The van der Waals surface area contributed by atoms with E-state index in [-0.39, 0.29) is 0 Å². The third-order valence-electron chi connectivity index (χ3n) is 3.75. The molecule has 0 bridgehead atoms. The van der Waals surface area contributed by atoms with E-state index in [1.807, 2.05) is 12.1 Å². The lowest BCUT2D eigenvalue weighted by Crippen LogP contribution is -2.38. The van der Waals surface area contributed by atoms with Gasteiger partial charge in [0.1, 0.15) is 0 Å². The van der Waals surface area contributed by atoms with Gasteiger partial charge in [0.15, 0.2) is 0 Å². The predicted octanol–water partition coefficient (Wildman–Crippen LogP) is 2.97. The van der Waals surface area contributed by atoms with E-state index in [4.69, 9.17) is 16.7 Å². The fraction of sp³-hybridized carbons (Fsp3) is 0.438. The van der Waals surface area contributed by atoms with Crippen LogP contribution in [0.3, 0.4) is 0 Å². The summed E-state index contributed by atoms with van der Waals surface area (Å²) in [4.78, 5) is 15.4. The smallest absolute Gasteiger partial charge is 0.328 e. The molecule has 21 heavy (non-hydrogen) atoms. The molecule has 1 saturated heterocycles. The standard InChI is InChI=1S/C16H21ClN2O2/c1-12-11-18(2)8-3-9-19(12)15-10-14(17)6-4-13(15)5-7-16(20)21/h4-7,10,12H,3,8-9,11H2,1-2H3,(H,20,21)/b7-5+. The number of nitrogens with zero attached hydrogens (tertiary/aromatic N) is 2. The number of carboxylic acids is 1. The van der Waals surface area contributed by atoms with Gasteiger partial charge in [-0.05, 0) is 50.7 Å². The molecule has 1 aliphatic heterocycles. The number of hydrogen-bond acceptors (Lipinski definition) is 3. The van der Waals surface area contributed by atoms with Gasteiger partial charge in [-0.1, -0.05) is 17.7 Å². The average Bonchev–Trinajstić information content (AvgIpc) is 2.57. The number of halogens is 1. The van der Waals surface area contributed by atoms with E-state index in [0.717, 1.165) is 37.3 Å². The number of aliphatic carboxylic acids is 1. The fourth-order valence-electron chi connectivity index (χ4n) is 2.80. The maximum absolute atomic E-state index is 10.8. The molecule has 1 aliphatic rings. The summed E-state index contributed by atoms with van der Waals surface area (Å²) < 4.78 is 0. The lowest BCUT2D eigenvalue weighted by atomic mass is 10.1. The Kier molecular flexibility index (Phi) is 5.26. The number of carbonyl (C=O) groups is 1. The Bertz CT molecular complexity index is 545. The molecular weight excluding hydrogens is 288 g/mol. The molecule has 0 aromatic heterocycles. The normalized spacial score (nSPS) is 20.7. The Hall–Kier alpha value is -1.52. The van der Waals surface area contributed by atoms with Crippen LogP contribution in [0.2, 0.25) is 5.02 Å². The molecule has 114 valence electrons. The van der Waals surface area contributed by atoms with Crippen LogP contribution in [0.25, 0.3) is 6.08 Å². The second-order valence-corrected chi connectivity index (χ2v) is 5.97. The Labute approximate surface area is 130 Å². The van der Waals surface area contributed by atoms with E-state index < -0.39 is 5.97 Å². The Morgan fingerprint density at radius 3 is 2.90 bits per heavy atom. The molecule has 1 aromatic carbocycles. The quantitative estimate of drug-likeness (QED) is 0.872. The molecule has 5 heteroatoms. The van der Waals surface area contributed by atoms with Gasteiger partial charge in [0, 0.05) is 35.9 Å². The first-order valence-electron chi connectivity index (χ1n) is 7.13. The van der Waals surface area contributed by atoms with Crippen LogP contribution in [0.4, 0.5) is 5.69 Å². The molecule has 1 aromatic rings. The number of carboxylic acid groups (broad SMARTS) is 1. The summed E-state index contributed by atoms with van der Waals surface area (Å²) in [5.74, 6) is -0.945. The van der Waals surface area contributed by atoms with E-state index in [1.54, 1.807) is 12.1 Å². The summed E-state index contributed by atoms with van der Waals surface area (Å²) in [7, 11) is 2.13. The Morgan fingerprint density at radius 1 is 1.43 bits per heavy atom. The van der Waals surface area contributed by atoms with Gasteiger partial charge in [-0.15, -0.1) is 0 Å². The van der Waals surface area contributed by atoms with Gasteiger partial charge in [-0.2, -0.15) is 0 Å². The van der Waals surface area contributed by atoms with Crippen molar-refractivity contribution in [2.45, 2.75) is 19.4 Å². The van der Waals surface area contributed by atoms with Gasteiger partial charge in [0.25, 0.3) is 0 Å². The molecule has 0 spiro atoms. The molecule has 0 saturated carbocycles. The molecule has 0 aliphatic carbocycles. The van der Waals surface area contributed by atoms with Crippen LogP contribution in [0, 0.1) is 0 Å². The fourth-order valence-corrected chi connectivity index (χ4v) is 2.96. The van der Waals surface area contributed by atoms with Crippen molar-refractivity contribution in [3.8, 4) is 0 Å². The largest absolute Gasteiger partial charge is 0.478 e. The molecule has 0 amide bonds. The summed E-state index contributed by atoms with van der Waals surface area (Å²) in [5.41, 5.74) is 1.89. The lowest BCUT2D eigenvalue weighted by molar-refractivity contribution is -0.131. The molecule has 2 rings (SSSR count). The maximum atomic E-state index is 10.8. The first kappa shape index (κ1) is 15.9. The van der Waals surface area contributed by atoms with Crippen molar-refractivity contribution in [1.29, 1.82) is 0 Å². The second kappa shape index (κ2) is 6.96. The molecule has 0 radical (unpaired) electrons. The van der Waals surface area contributed by atoms with Crippen LogP contribution in [-0.2, 0) is 4.79 Å². The van der Waals surface area contributed by atoms with Crippen molar-refractivity contribution >= 4 is 29.3 Å². The van der Waals surface area contributed by atoms with Crippen LogP contribution in [0.1, 0.15) is 18.9 Å². The zero-order valence-electron chi connectivity index (χ0n) is 12.4. The highest BCUT2D eigenvalue weighted by Crippen LogP contribution is 2.29. The van der Waals surface area contributed by atoms with Crippen molar-refractivity contribution < 1.29 is 9.90 Å². The van der Waals surface area contributed by atoms with Gasteiger partial charge < -0.3 is 14.9 Å². The number of benzene rings is 1. The summed E-state index contributed by atoms with van der Waals surface area (Å²) in [6.45, 7) is 5.18. The maximum Gasteiger partial charge on any atom is 0.328 e. The van der Waals surface area contributed by atoms with Crippen molar-refractivity contribution in [2.75, 3.05) is 31.6 Å². The molecular formula is C16H21ClN2O2. The summed E-state index contributed by atoms with van der Waals surface area (Å²) in [6, 6.07) is 5.94. The van der Waals surface area contributed by atoms with Crippen molar-refractivity contribution in [1.82, 2.24) is 4.90 Å². The average molecular weight is 309 g/mol. The van der Waals surface area contributed by atoms with Crippen LogP contribution in [0.15, 0.2) is 24.3 Å². The minimum absolute atomic E-state index is 0.355. The van der Waals surface area contributed by atoms with Crippen LogP contribution >= 0.6 is 11.6 Å². The van der Waals surface area contributed by atoms with Crippen LogP contribution in [0.5, 0.6) is 0 Å². The molecule has 4 nitrogen and oxygen atoms in total. The van der Waals surface area contributed by atoms with E-state index in [9.17, 15) is 4.79 Å². The zero-order chi connectivity index (χ0) is 15.4. The number of rotatable bonds is 3. The van der Waals surface area contributed by atoms with Gasteiger partial charge in [-0.3, -0.25) is 0 Å². The van der Waals surface area contributed by atoms with E-state index in [1.165, 1.54) is 6.08 Å². The van der Waals surface area contributed by atoms with Gasteiger partial charge in [-0.25, -0.2) is 4.79 Å². The van der Waals surface area contributed by atoms with E-state index in [2.05, 4.69) is 23.8 Å². The first-order valence-corrected chi connectivity index (χ1v) is 7.51. The number of likely N-dealkylation sites (N-methyl/N-ethyl adjacent to an activating group) is 1. The highest BCUT2D eigenvalue weighted by atomic mass is 35.5. The van der Waals surface area contributed by atoms with Gasteiger partial charge in [0.05, 0.1) is 0 Å². The zero-order valence-corrected chi connectivity index (χ0v) is 13.2. The second-order valence-electron chi connectivity index (χ2n) is 5.53. The number of hydrogen-bond donors (Lipinski definition) is 1. The van der Waals surface area contributed by atoms with E-state index in [0.29, 0.717) is 11.1 Å². The third kappa shape index (κ3) is 4.22. The topological polar surface area (TPSA) is 43.8 Å². The van der Waals surface area contributed by atoms with Crippen LogP contribution in [-0.4, -0.2) is 48.7 Å². The SMILES string of the molecule is CC1CN(C)CCCN1c1cc(Cl)ccc1/C=C/C(=O)O. The third-order valence-corrected chi connectivity index (χ3v) is 3.99. The van der Waals surface area contributed by atoms with Crippen LogP contribution < -0.4 is 4.90 Å².